The van der Waals surface area contributed by atoms with Crippen LogP contribution in [0.5, 0.6) is 0 Å². The zero-order valence-electron chi connectivity index (χ0n) is 12.6. The Labute approximate surface area is 131 Å². The summed E-state index contributed by atoms with van der Waals surface area (Å²) in [6, 6.07) is 8.30. The average Bonchev–Trinajstić information content (AvgIpc) is 2.49. The summed E-state index contributed by atoms with van der Waals surface area (Å²) in [6.45, 7) is 4.33. The lowest BCUT2D eigenvalue weighted by atomic mass is 9.86. The van der Waals surface area contributed by atoms with Crippen molar-refractivity contribution in [2.75, 3.05) is 19.8 Å². The number of benzene rings is 1. The lowest BCUT2D eigenvalue weighted by Crippen LogP contribution is -2.45. The van der Waals surface area contributed by atoms with Crippen molar-refractivity contribution in [3.63, 3.8) is 0 Å². The van der Waals surface area contributed by atoms with Crippen LogP contribution in [0.15, 0.2) is 29.2 Å². The number of ether oxygens (including phenoxy) is 2. The number of rotatable bonds is 3. The summed E-state index contributed by atoms with van der Waals surface area (Å²) < 4.78 is 11.6. The summed E-state index contributed by atoms with van der Waals surface area (Å²) in [5.41, 5.74) is 1.04. The van der Waals surface area contributed by atoms with Gasteiger partial charge < -0.3 is 14.6 Å². The normalized spacial score (nSPS) is 26.7. The standard InChI is InChI=1S/C17H24O3S/c1-13(18)14-2-4-15(5-3-14)21-16-6-9-20-17(12-16)7-10-19-11-8-17/h2-5,13,16,18H,6-12H2,1H3. The fraction of sp³-hybridized carbons (Fsp3) is 0.647. The third kappa shape index (κ3) is 3.81. The first-order chi connectivity index (χ1) is 10.2. The molecule has 3 nitrogen and oxygen atoms in total. The van der Waals surface area contributed by atoms with Crippen LogP contribution in [0.3, 0.4) is 0 Å². The molecule has 2 atom stereocenters. The highest BCUT2D eigenvalue weighted by molar-refractivity contribution is 8.00. The minimum absolute atomic E-state index is 0.0632. The Kier molecular flexibility index (Phi) is 4.89. The maximum Gasteiger partial charge on any atom is 0.0761 e. The quantitative estimate of drug-likeness (QED) is 0.926. The molecule has 2 fully saturated rings. The SMILES string of the molecule is CC(O)c1ccc(SC2CCOC3(CCOCC3)C2)cc1. The molecule has 0 saturated carbocycles. The van der Waals surface area contributed by atoms with Crippen LogP contribution in [0.25, 0.3) is 0 Å². The Hall–Kier alpha value is -0.550. The van der Waals surface area contributed by atoms with E-state index in [1.807, 2.05) is 23.9 Å². The maximum atomic E-state index is 9.57. The summed E-state index contributed by atoms with van der Waals surface area (Å²) in [5, 5.41) is 10.2. The lowest BCUT2D eigenvalue weighted by Gasteiger charge is -2.43. The molecule has 0 bridgehead atoms. The van der Waals surface area contributed by atoms with Gasteiger partial charge in [-0.2, -0.15) is 0 Å². The third-order valence-electron chi connectivity index (χ3n) is 4.52. The van der Waals surface area contributed by atoms with E-state index in [0.29, 0.717) is 5.25 Å². The van der Waals surface area contributed by atoms with Gasteiger partial charge in [0.05, 0.1) is 11.7 Å². The maximum absolute atomic E-state index is 9.57. The van der Waals surface area contributed by atoms with Crippen LogP contribution < -0.4 is 0 Å². The smallest absolute Gasteiger partial charge is 0.0761 e. The van der Waals surface area contributed by atoms with Crippen LogP contribution in [0.4, 0.5) is 0 Å². The Balaban J connectivity index is 1.61. The van der Waals surface area contributed by atoms with Crippen LogP contribution in [-0.4, -0.2) is 35.8 Å². The predicted molar refractivity (Wildman–Crippen MR) is 84.7 cm³/mol. The molecule has 0 radical (unpaired) electrons. The molecular formula is C17H24O3S. The Morgan fingerprint density at radius 2 is 1.90 bits per heavy atom. The molecule has 2 saturated heterocycles. The van der Waals surface area contributed by atoms with E-state index >= 15 is 0 Å². The van der Waals surface area contributed by atoms with E-state index < -0.39 is 6.10 Å². The van der Waals surface area contributed by atoms with Crippen molar-refractivity contribution in [2.24, 2.45) is 0 Å². The van der Waals surface area contributed by atoms with Gasteiger partial charge in [0.15, 0.2) is 0 Å². The molecule has 2 unspecified atom stereocenters. The summed E-state index contributed by atoms with van der Waals surface area (Å²) >= 11 is 1.95. The number of thioether (sulfide) groups is 1. The second-order valence-electron chi connectivity index (χ2n) is 6.12. The number of hydrogen-bond acceptors (Lipinski definition) is 4. The van der Waals surface area contributed by atoms with Gasteiger partial charge in [-0.25, -0.2) is 0 Å². The topological polar surface area (TPSA) is 38.7 Å². The number of hydrogen-bond donors (Lipinski definition) is 1. The molecule has 4 heteroatoms. The van der Waals surface area contributed by atoms with Gasteiger partial charge in [-0.05, 0) is 50.3 Å². The molecular weight excluding hydrogens is 284 g/mol. The Bertz CT molecular complexity index is 446. The number of aliphatic hydroxyl groups excluding tert-OH is 1. The number of aliphatic hydroxyl groups is 1. The van der Waals surface area contributed by atoms with Crippen molar-refractivity contribution >= 4 is 11.8 Å². The van der Waals surface area contributed by atoms with E-state index in [0.717, 1.165) is 51.1 Å². The largest absolute Gasteiger partial charge is 0.389 e. The molecule has 0 aliphatic carbocycles. The monoisotopic (exact) mass is 308 g/mol. The second kappa shape index (κ2) is 6.69. The molecule has 0 amide bonds. The fourth-order valence-corrected chi connectivity index (χ4v) is 4.47. The van der Waals surface area contributed by atoms with E-state index in [9.17, 15) is 5.11 Å². The highest BCUT2D eigenvalue weighted by Gasteiger charge is 2.39. The van der Waals surface area contributed by atoms with Crippen molar-refractivity contribution in [2.45, 2.75) is 54.5 Å². The summed E-state index contributed by atoms with van der Waals surface area (Å²) in [6.07, 6.45) is 3.92. The van der Waals surface area contributed by atoms with Gasteiger partial charge in [0.1, 0.15) is 0 Å². The van der Waals surface area contributed by atoms with Crippen LogP contribution in [0, 0.1) is 0 Å². The van der Waals surface area contributed by atoms with Gasteiger partial charge in [0.25, 0.3) is 0 Å². The molecule has 2 aliphatic heterocycles. The first kappa shape index (κ1) is 15.3. The average molecular weight is 308 g/mol. The van der Waals surface area contributed by atoms with Crippen LogP contribution in [0.1, 0.15) is 44.3 Å². The minimum Gasteiger partial charge on any atom is -0.389 e. The Morgan fingerprint density at radius 3 is 2.57 bits per heavy atom. The van der Waals surface area contributed by atoms with Gasteiger partial charge in [-0.15, -0.1) is 11.8 Å². The summed E-state index contributed by atoms with van der Waals surface area (Å²) in [4.78, 5) is 1.29. The van der Waals surface area contributed by atoms with E-state index in [1.54, 1.807) is 6.92 Å². The van der Waals surface area contributed by atoms with Crippen molar-refractivity contribution in [3.8, 4) is 0 Å². The van der Waals surface area contributed by atoms with Crippen LogP contribution in [0.2, 0.25) is 0 Å². The van der Waals surface area contributed by atoms with Gasteiger partial charge >= 0.3 is 0 Å². The van der Waals surface area contributed by atoms with Crippen molar-refractivity contribution in [3.05, 3.63) is 29.8 Å². The Morgan fingerprint density at radius 1 is 1.19 bits per heavy atom. The molecule has 2 heterocycles. The minimum atomic E-state index is -0.391. The van der Waals surface area contributed by atoms with Crippen LogP contribution >= 0.6 is 11.8 Å². The molecule has 0 aromatic heterocycles. The van der Waals surface area contributed by atoms with Crippen molar-refractivity contribution in [1.29, 1.82) is 0 Å². The molecule has 1 N–H and O–H groups in total. The molecule has 3 rings (SSSR count). The first-order valence-electron chi connectivity index (χ1n) is 7.83. The van der Waals surface area contributed by atoms with Crippen molar-refractivity contribution in [1.82, 2.24) is 0 Å². The van der Waals surface area contributed by atoms with Gasteiger partial charge in [-0.3, -0.25) is 0 Å². The molecule has 116 valence electrons. The summed E-state index contributed by atoms with van der Waals surface area (Å²) in [7, 11) is 0. The second-order valence-corrected chi connectivity index (χ2v) is 7.50. The molecule has 1 aromatic carbocycles. The molecule has 2 aliphatic rings. The predicted octanol–water partition coefficient (Wildman–Crippen LogP) is 3.56. The van der Waals surface area contributed by atoms with E-state index in [-0.39, 0.29) is 5.60 Å². The lowest BCUT2D eigenvalue weighted by molar-refractivity contribution is -0.131. The molecule has 1 spiro atoms. The van der Waals surface area contributed by atoms with Crippen LogP contribution in [-0.2, 0) is 9.47 Å². The zero-order chi connectivity index (χ0) is 14.7. The summed E-state index contributed by atoms with van der Waals surface area (Å²) in [5.74, 6) is 0. The van der Waals surface area contributed by atoms with E-state index in [2.05, 4.69) is 12.1 Å². The van der Waals surface area contributed by atoms with E-state index in [4.69, 9.17) is 9.47 Å². The van der Waals surface area contributed by atoms with Crippen molar-refractivity contribution < 1.29 is 14.6 Å². The highest BCUT2D eigenvalue weighted by Crippen LogP contribution is 2.40. The fourth-order valence-electron chi connectivity index (χ4n) is 3.19. The van der Waals surface area contributed by atoms with Gasteiger partial charge in [0, 0.05) is 30.0 Å². The van der Waals surface area contributed by atoms with E-state index in [1.165, 1.54) is 4.90 Å². The molecule has 1 aromatic rings. The molecule has 21 heavy (non-hydrogen) atoms. The van der Waals surface area contributed by atoms with Gasteiger partial charge in [-0.1, -0.05) is 12.1 Å². The van der Waals surface area contributed by atoms with Gasteiger partial charge in [0.2, 0.25) is 0 Å². The highest BCUT2D eigenvalue weighted by atomic mass is 32.2. The first-order valence-corrected chi connectivity index (χ1v) is 8.71. The third-order valence-corrected chi connectivity index (χ3v) is 5.80. The zero-order valence-corrected chi connectivity index (χ0v) is 13.4.